The lowest BCUT2D eigenvalue weighted by Crippen LogP contribution is -2.63. The molecule has 3 rings (SSSR count). The first-order chi connectivity index (χ1) is 13.5. The Morgan fingerprint density at radius 2 is 1.86 bits per heavy atom. The lowest BCUT2D eigenvalue weighted by atomic mass is 10.0. The van der Waals surface area contributed by atoms with Crippen LogP contribution in [-0.2, 0) is 16.1 Å². The van der Waals surface area contributed by atoms with Gasteiger partial charge < -0.3 is 15.5 Å². The highest BCUT2D eigenvalue weighted by molar-refractivity contribution is 5.89. The van der Waals surface area contributed by atoms with Crippen LogP contribution in [0.15, 0.2) is 42.7 Å². The fraction of sp³-hybridized carbons (Fsp3) is 0.429. The molecule has 0 saturated carbocycles. The summed E-state index contributed by atoms with van der Waals surface area (Å²) < 4.78 is 0. The molecule has 1 saturated heterocycles. The fourth-order valence-corrected chi connectivity index (χ4v) is 3.35. The Kier molecular flexibility index (Phi) is 6.36. The summed E-state index contributed by atoms with van der Waals surface area (Å²) in [5.41, 5.74) is 1.90. The SMILES string of the molecule is CC(C)C(=O)N1C(C)CNCC1C(=O)NCc1ccc(-c2ncccn2)cc1. The van der Waals surface area contributed by atoms with Gasteiger partial charge in [-0.15, -0.1) is 0 Å². The van der Waals surface area contributed by atoms with Crippen molar-refractivity contribution in [3.63, 3.8) is 0 Å². The maximum absolute atomic E-state index is 12.8. The molecule has 1 aliphatic heterocycles. The van der Waals surface area contributed by atoms with Crippen LogP contribution >= 0.6 is 0 Å². The molecule has 1 aromatic carbocycles. The van der Waals surface area contributed by atoms with Crippen molar-refractivity contribution in [2.75, 3.05) is 13.1 Å². The van der Waals surface area contributed by atoms with Crippen LogP contribution < -0.4 is 10.6 Å². The molecule has 0 spiro atoms. The van der Waals surface area contributed by atoms with Crippen molar-refractivity contribution in [1.29, 1.82) is 0 Å². The zero-order chi connectivity index (χ0) is 20.1. The molecule has 0 bridgehead atoms. The fourth-order valence-electron chi connectivity index (χ4n) is 3.35. The van der Waals surface area contributed by atoms with E-state index in [0.717, 1.165) is 11.1 Å². The van der Waals surface area contributed by atoms with Gasteiger partial charge in [-0.05, 0) is 18.6 Å². The lowest BCUT2D eigenvalue weighted by molar-refractivity contribution is -0.146. The van der Waals surface area contributed by atoms with Crippen LogP contribution in [-0.4, -0.2) is 51.9 Å². The third-order valence-corrected chi connectivity index (χ3v) is 4.88. The standard InChI is InChI=1S/C21H27N5O2/c1-14(2)21(28)26-15(3)11-22-13-18(26)20(27)25-12-16-5-7-17(8-6-16)19-23-9-4-10-24-19/h4-10,14-15,18,22H,11-13H2,1-3H3,(H,25,27). The van der Waals surface area contributed by atoms with Crippen LogP contribution in [0.3, 0.4) is 0 Å². The molecule has 1 fully saturated rings. The molecule has 2 aromatic rings. The van der Waals surface area contributed by atoms with E-state index in [9.17, 15) is 9.59 Å². The van der Waals surface area contributed by atoms with Crippen LogP contribution in [0.4, 0.5) is 0 Å². The number of nitrogens with one attached hydrogen (secondary N) is 2. The summed E-state index contributed by atoms with van der Waals surface area (Å²) in [6, 6.07) is 9.06. The Bertz CT molecular complexity index is 807. The molecule has 2 N–H and O–H groups in total. The van der Waals surface area contributed by atoms with Crippen LogP contribution in [0.25, 0.3) is 11.4 Å². The second-order valence-electron chi connectivity index (χ2n) is 7.41. The summed E-state index contributed by atoms with van der Waals surface area (Å²) >= 11 is 0. The molecule has 1 aromatic heterocycles. The minimum atomic E-state index is -0.490. The van der Waals surface area contributed by atoms with Gasteiger partial charge in [0.25, 0.3) is 0 Å². The first kappa shape index (κ1) is 19.9. The average molecular weight is 381 g/mol. The second kappa shape index (κ2) is 8.93. The molecule has 0 aliphatic carbocycles. The van der Waals surface area contributed by atoms with E-state index in [-0.39, 0.29) is 23.8 Å². The number of carbonyl (C=O) groups is 2. The van der Waals surface area contributed by atoms with E-state index in [4.69, 9.17) is 0 Å². The van der Waals surface area contributed by atoms with E-state index in [1.54, 1.807) is 23.4 Å². The topological polar surface area (TPSA) is 87.2 Å². The highest BCUT2D eigenvalue weighted by atomic mass is 16.2. The number of piperazine rings is 1. The predicted octanol–water partition coefficient (Wildman–Crippen LogP) is 1.60. The summed E-state index contributed by atoms with van der Waals surface area (Å²) in [5, 5.41) is 6.21. The van der Waals surface area contributed by atoms with Gasteiger partial charge >= 0.3 is 0 Å². The maximum Gasteiger partial charge on any atom is 0.244 e. The van der Waals surface area contributed by atoms with Gasteiger partial charge in [-0.1, -0.05) is 38.1 Å². The quantitative estimate of drug-likeness (QED) is 0.822. The molecule has 2 unspecified atom stereocenters. The Morgan fingerprint density at radius 3 is 2.50 bits per heavy atom. The first-order valence-corrected chi connectivity index (χ1v) is 9.64. The number of rotatable bonds is 5. The van der Waals surface area contributed by atoms with Crippen molar-refractivity contribution in [1.82, 2.24) is 25.5 Å². The van der Waals surface area contributed by atoms with E-state index in [0.29, 0.717) is 25.5 Å². The zero-order valence-electron chi connectivity index (χ0n) is 16.6. The normalized spacial score (nSPS) is 19.5. The number of aromatic nitrogens is 2. The molecule has 7 nitrogen and oxygen atoms in total. The number of hydrogen-bond donors (Lipinski definition) is 2. The van der Waals surface area contributed by atoms with Crippen LogP contribution in [0, 0.1) is 5.92 Å². The van der Waals surface area contributed by atoms with Gasteiger partial charge in [-0.3, -0.25) is 9.59 Å². The monoisotopic (exact) mass is 381 g/mol. The minimum Gasteiger partial charge on any atom is -0.350 e. The highest BCUT2D eigenvalue weighted by Crippen LogP contribution is 2.16. The summed E-state index contributed by atoms with van der Waals surface area (Å²) in [7, 11) is 0. The van der Waals surface area contributed by atoms with Gasteiger partial charge in [0, 0.05) is 49.6 Å². The Balaban J connectivity index is 1.63. The van der Waals surface area contributed by atoms with E-state index >= 15 is 0 Å². The molecule has 2 amide bonds. The number of nitrogens with zero attached hydrogens (tertiary/aromatic N) is 3. The molecule has 2 heterocycles. The van der Waals surface area contributed by atoms with Gasteiger partial charge in [0.05, 0.1) is 0 Å². The molecule has 7 heteroatoms. The van der Waals surface area contributed by atoms with E-state index in [1.165, 1.54) is 0 Å². The van der Waals surface area contributed by atoms with Crippen LogP contribution in [0.2, 0.25) is 0 Å². The summed E-state index contributed by atoms with van der Waals surface area (Å²) in [6.07, 6.45) is 3.42. The van der Waals surface area contributed by atoms with Crippen molar-refractivity contribution in [2.45, 2.75) is 39.4 Å². The molecule has 148 valence electrons. The third kappa shape index (κ3) is 4.54. The molecule has 1 aliphatic rings. The maximum atomic E-state index is 12.8. The average Bonchev–Trinajstić information content (AvgIpc) is 2.72. The van der Waals surface area contributed by atoms with Gasteiger partial charge in [0.1, 0.15) is 6.04 Å². The molecule has 2 atom stereocenters. The minimum absolute atomic E-state index is 0.00967. The highest BCUT2D eigenvalue weighted by Gasteiger charge is 2.36. The van der Waals surface area contributed by atoms with Crippen LogP contribution in [0.5, 0.6) is 0 Å². The molecule has 0 radical (unpaired) electrons. The molecule has 28 heavy (non-hydrogen) atoms. The van der Waals surface area contributed by atoms with Crippen molar-refractivity contribution < 1.29 is 9.59 Å². The number of hydrogen-bond acceptors (Lipinski definition) is 5. The summed E-state index contributed by atoms with van der Waals surface area (Å²) in [5.74, 6) is 0.414. The van der Waals surface area contributed by atoms with E-state index in [2.05, 4.69) is 20.6 Å². The first-order valence-electron chi connectivity index (χ1n) is 9.64. The van der Waals surface area contributed by atoms with Gasteiger partial charge in [-0.2, -0.15) is 0 Å². The number of amides is 2. The Labute approximate surface area is 165 Å². The summed E-state index contributed by atoms with van der Waals surface area (Å²) in [6.45, 7) is 7.28. The Morgan fingerprint density at radius 1 is 1.18 bits per heavy atom. The largest absolute Gasteiger partial charge is 0.350 e. The van der Waals surface area contributed by atoms with Crippen molar-refractivity contribution >= 4 is 11.8 Å². The number of benzene rings is 1. The predicted molar refractivity (Wildman–Crippen MR) is 107 cm³/mol. The van der Waals surface area contributed by atoms with E-state index < -0.39 is 6.04 Å². The van der Waals surface area contributed by atoms with E-state index in [1.807, 2.05) is 45.0 Å². The van der Waals surface area contributed by atoms with Crippen LogP contribution in [0.1, 0.15) is 26.3 Å². The van der Waals surface area contributed by atoms with Crippen molar-refractivity contribution in [3.05, 3.63) is 48.3 Å². The van der Waals surface area contributed by atoms with Crippen molar-refractivity contribution in [2.24, 2.45) is 5.92 Å². The molecular weight excluding hydrogens is 354 g/mol. The van der Waals surface area contributed by atoms with Gasteiger partial charge in [-0.25, -0.2) is 9.97 Å². The zero-order valence-corrected chi connectivity index (χ0v) is 16.6. The smallest absolute Gasteiger partial charge is 0.244 e. The third-order valence-electron chi connectivity index (χ3n) is 4.88. The second-order valence-corrected chi connectivity index (χ2v) is 7.41. The van der Waals surface area contributed by atoms with Gasteiger partial charge in [0.2, 0.25) is 11.8 Å². The summed E-state index contributed by atoms with van der Waals surface area (Å²) in [4.78, 5) is 35.6. The lowest BCUT2D eigenvalue weighted by Gasteiger charge is -2.41. The Hall–Kier alpha value is -2.80. The molecular formula is C21H27N5O2. The van der Waals surface area contributed by atoms with Crippen molar-refractivity contribution in [3.8, 4) is 11.4 Å². The number of carbonyl (C=O) groups excluding carboxylic acids is 2. The van der Waals surface area contributed by atoms with Gasteiger partial charge in [0.15, 0.2) is 5.82 Å².